The average molecular weight is 343 g/mol. The zero-order valence-corrected chi connectivity index (χ0v) is 14.8. The summed E-state index contributed by atoms with van der Waals surface area (Å²) in [6.07, 6.45) is 0.861. The van der Waals surface area contributed by atoms with Gasteiger partial charge in [0.1, 0.15) is 0 Å². The fourth-order valence-electron chi connectivity index (χ4n) is 3.37. The normalized spacial score (nSPS) is 17.2. The molecule has 3 rings (SSSR count). The molecule has 0 fully saturated rings. The van der Waals surface area contributed by atoms with Gasteiger partial charge in [-0.3, -0.25) is 9.69 Å². The highest BCUT2D eigenvalue weighted by Crippen LogP contribution is 2.40. The van der Waals surface area contributed by atoms with Crippen molar-refractivity contribution in [3.63, 3.8) is 0 Å². The van der Waals surface area contributed by atoms with Gasteiger partial charge in [0.2, 0.25) is 0 Å². The summed E-state index contributed by atoms with van der Waals surface area (Å²) >= 11 is 3.98. The maximum atomic E-state index is 11.6. The third-order valence-electron chi connectivity index (χ3n) is 4.43. The lowest BCUT2D eigenvalue weighted by molar-refractivity contribution is -0.112. The first-order valence-electron chi connectivity index (χ1n) is 7.89. The van der Waals surface area contributed by atoms with E-state index in [0.29, 0.717) is 12.3 Å². The number of carbonyl (C=O) groups excluding carboxylic acids is 1. The summed E-state index contributed by atoms with van der Waals surface area (Å²) in [5.74, 6) is 1.44. The minimum Gasteiger partial charge on any atom is -0.493 e. The zero-order chi connectivity index (χ0) is 17.1. The van der Waals surface area contributed by atoms with E-state index in [-0.39, 0.29) is 11.2 Å². The van der Waals surface area contributed by atoms with E-state index >= 15 is 0 Å². The van der Waals surface area contributed by atoms with Crippen molar-refractivity contribution in [2.45, 2.75) is 12.5 Å². The highest BCUT2D eigenvalue weighted by molar-refractivity contribution is 7.96. The van der Waals surface area contributed by atoms with Crippen LogP contribution < -0.4 is 9.47 Å². The average Bonchev–Trinajstić information content (AvgIpc) is 2.60. The molecule has 0 N–H and O–H groups in total. The summed E-state index contributed by atoms with van der Waals surface area (Å²) < 4.78 is 10.9. The topological polar surface area (TPSA) is 38.8 Å². The van der Waals surface area contributed by atoms with Crippen molar-refractivity contribution in [2.75, 3.05) is 27.3 Å². The first-order valence-corrected chi connectivity index (χ1v) is 8.34. The second kappa shape index (κ2) is 7.28. The predicted octanol–water partition coefficient (Wildman–Crippen LogP) is 3.11. The predicted molar refractivity (Wildman–Crippen MR) is 97.1 cm³/mol. The summed E-state index contributed by atoms with van der Waals surface area (Å²) in [5.41, 5.74) is 3.53. The zero-order valence-electron chi connectivity index (χ0n) is 13.9. The highest BCUT2D eigenvalue weighted by atomic mass is 32.1. The van der Waals surface area contributed by atoms with Crippen LogP contribution in [0.25, 0.3) is 0 Å². The standard InChI is InChI=1S/C19H21NO3S/c1-22-16-10-14-8-9-20(12-18(21)24)19(13-6-4-3-5-7-13)15(14)11-17(16)23-2/h3-7,10-11,19H,8-9,12H2,1-2H3,(H,21,24). The van der Waals surface area contributed by atoms with Crippen molar-refractivity contribution in [1.82, 2.24) is 4.90 Å². The molecule has 0 radical (unpaired) electrons. The van der Waals surface area contributed by atoms with Gasteiger partial charge in [-0.1, -0.05) is 30.3 Å². The Morgan fingerprint density at radius 1 is 1.17 bits per heavy atom. The van der Waals surface area contributed by atoms with Crippen LogP contribution in [0.15, 0.2) is 42.5 Å². The van der Waals surface area contributed by atoms with Crippen LogP contribution in [0.2, 0.25) is 0 Å². The van der Waals surface area contributed by atoms with Gasteiger partial charge in [0.15, 0.2) is 16.6 Å². The monoisotopic (exact) mass is 343 g/mol. The number of fused-ring (bicyclic) bond motifs is 1. The van der Waals surface area contributed by atoms with Crippen molar-refractivity contribution in [3.8, 4) is 11.5 Å². The molecule has 0 aliphatic carbocycles. The van der Waals surface area contributed by atoms with Crippen LogP contribution in [-0.4, -0.2) is 37.3 Å². The Kier molecular flexibility index (Phi) is 5.11. The van der Waals surface area contributed by atoms with E-state index < -0.39 is 0 Å². The van der Waals surface area contributed by atoms with Gasteiger partial charge < -0.3 is 9.47 Å². The van der Waals surface area contributed by atoms with E-state index in [0.717, 1.165) is 29.8 Å². The van der Waals surface area contributed by atoms with Crippen molar-refractivity contribution in [2.24, 2.45) is 0 Å². The minimum absolute atomic E-state index is 0.00542. The lowest BCUT2D eigenvalue weighted by Crippen LogP contribution is -2.38. The second-order valence-electron chi connectivity index (χ2n) is 5.83. The molecule has 5 heteroatoms. The van der Waals surface area contributed by atoms with Gasteiger partial charge in [-0.05, 0) is 35.2 Å². The van der Waals surface area contributed by atoms with Crippen LogP contribution in [0, 0.1) is 0 Å². The molecule has 1 unspecified atom stereocenters. The molecule has 1 aliphatic heterocycles. The van der Waals surface area contributed by atoms with Gasteiger partial charge in [0.25, 0.3) is 0 Å². The summed E-state index contributed by atoms with van der Waals surface area (Å²) in [6.45, 7) is 1.12. The third-order valence-corrected chi connectivity index (χ3v) is 4.57. The number of thiol groups is 1. The first kappa shape index (κ1) is 16.9. The van der Waals surface area contributed by atoms with E-state index in [1.165, 1.54) is 5.56 Å². The van der Waals surface area contributed by atoms with Crippen LogP contribution in [0.5, 0.6) is 11.5 Å². The number of methoxy groups -OCH3 is 2. The molecular weight excluding hydrogens is 322 g/mol. The largest absolute Gasteiger partial charge is 0.493 e. The third kappa shape index (κ3) is 3.28. The molecule has 4 nitrogen and oxygen atoms in total. The molecule has 0 bridgehead atoms. The number of nitrogens with zero attached hydrogens (tertiary/aromatic N) is 1. The Hall–Kier alpha value is -1.98. The highest BCUT2D eigenvalue weighted by Gasteiger charge is 2.30. The van der Waals surface area contributed by atoms with Crippen molar-refractivity contribution in [1.29, 1.82) is 0 Å². The Morgan fingerprint density at radius 3 is 2.46 bits per heavy atom. The maximum Gasteiger partial charge on any atom is 0.199 e. The maximum absolute atomic E-state index is 11.6. The fourth-order valence-corrected chi connectivity index (χ4v) is 3.55. The number of rotatable bonds is 5. The molecular formula is C19H21NO3S. The molecule has 0 amide bonds. The quantitative estimate of drug-likeness (QED) is 0.847. The summed E-state index contributed by atoms with van der Waals surface area (Å²) in [4.78, 5) is 13.8. The van der Waals surface area contributed by atoms with E-state index in [9.17, 15) is 4.79 Å². The number of hydrogen-bond donors (Lipinski definition) is 1. The van der Waals surface area contributed by atoms with Crippen LogP contribution >= 0.6 is 12.6 Å². The van der Waals surface area contributed by atoms with Gasteiger partial charge in [-0.15, -0.1) is 12.6 Å². The molecule has 0 aromatic heterocycles. The van der Waals surface area contributed by atoms with E-state index in [1.54, 1.807) is 14.2 Å². The molecule has 1 atom stereocenters. The lowest BCUT2D eigenvalue weighted by atomic mass is 9.87. The molecule has 0 saturated carbocycles. The molecule has 2 aromatic carbocycles. The summed E-state index contributed by atoms with van der Waals surface area (Å²) in [7, 11) is 3.28. The van der Waals surface area contributed by atoms with Crippen LogP contribution in [0.3, 0.4) is 0 Å². The van der Waals surface area contributed by atoms with Crippen LogP contribution in [-0.2, 0) is 11.2 Å². The summed E-state index contributed by atoms with van der Waals surface area (Å²) in [5, 5.41) is -0.125. The molecule has 1 heterocycles. The van der Waals surface area contributed by atoms with Crippen molar-refractivity contribution < 1.29 is 14.3 Å². The van der Waals surface area contributed by atoms with Crippen molar-refractivity contribution >= 4 is 17.7 Å². The van der Waals surface area contributed by atoms with Gasteiger partial charge in [-0.25, -0.2) is 0 Å². The Bertz CT molecular complexity index is 733. The van der Waals surface area contributed by atoms with Crippen molar-refractivity contribution in [3.05, 3.63) is 59.2 Å². The Labute approximate surface area is 147 Å². The molecule has 1 aliphatic rings. The SMILES string of the molecule is COc1cc2c(cc1OC)C(c1ccccc1)N(CC(=O)S)CC2. The molecule has 0 spiro atoms. The van der Waals surface area contributed by atoms with Gasteiger partial charge in [0, 0.05) is 6.54 Å². The summed E-state index contributed by atoms with van der Waals surface area (Å²) in [6, 6.07) is 14.3. The second-order valence-corrected chi connectivity index (χ2v) is 6.33. The molecule has 2 aromatic rings. The van der Waals surface area contributed by atoms with E-state index in [1.807, 2.05) is 30.3 Å². The Balaban J connectivity index is 2.12. The van der Waals surface area contributed by atoms with Gasteiger partial charge >= 0.3 is 0 Å². The molecule has 0 saturated heterocycles. The minimum atomic E-state index is -0.125. The van der Waals surface area contributed by atoms with Gasteiger partial charge in [0.05, 0.1) is 26.8 Å². The van der Waals surface area contributed by atoms with Crippen LogP contribution in [0.1, 0.15) is 22.7 Å². The van der Waals surface area contributed by atoms with Crippen LogP contribution in [0.4, 0.5) is 0 Å². The number of hydrogen-bond acceptors (Lipinski definition) is 4. The van der Waals surface area contributed by atoms with Gasteiger partial charge in [-0.2, -0.15) is 0 Å². The molecule has 24 heavy (non-hydrogen) atoms. The number of ether oxygens (including phenoxy) is 2. The lowest BCUT2D eigenvalue weighted by Gasteiger charge is -2.37. The number of carbonyl (C=O) groups is 1. The Morgan fingerprint density at radius 2 is 1.83 bits per heavy atom. The van der Waals surface area contributed by atoms with E-state index in [4.69, 9.17) is 9.47 Å². The fraction of sp³-hybridized carbons (Fsp3) is 0.316. The first-order chi connectivity index (χ1) is 11.6. The smallest absolute Gasteiger partial charge is 0.199 e. The number of benzene rings is 2. The van der Waals surface area contributed by atoms with E-state index in [2.05, 4.69) is 29.7 Å². The molecule has 126 valence electrons.